The van der Waals surface area contributed by atoms with Gasteiger partial charge < -0.3 is 14.5 Å². The number of carbonyl (C=O) groups is 2. The number of hydrogen-bond acceptors (Lipinski definition) is 5. The van der Waals surface area contributed by atoms with Crippen LogP contribution in [0.2, 0.25) is 5.02 Å². The zero-order chi connectivity index (χ0) is 21.8. The third-order valence-corrected chi connectivity index (χ3v) is 5.32. The quantitative estimate of drug-likeness (QED) is 0.492. The van der Waals surface area contributed by atoms with Gasteiger partial charge in [-0.1, -0.05) is 23.7 Å². The molecule has 0 spiro atoms. The second kappa shape index (κ2) is 9.13. The van der Waals surface area contributed by atoms with Crippen molar-refractivity contribution in [2.24, 2.45) is 5.92 Å². The highest BCUT2D eigenvalue weighted by Gasteiger charge is 2.37. The molecule has 9 heteroatoms. The van der Waals surface area contributed by atoms with Crippen LogP contribution in [0.4, 0.5) is 11.4 Å². The Labute approximate surface area is 179 Å². The van der Waals surface area contributed by atoms with E-state index in [2.05, 4.69) is 0 Å². The zero-order valence-electron chi connectivity index (χ0n) is 16.7. The Kier molecular flexibility index (Phi) is 6.56. The van der Waals surface area contributed by atoms with Gasteiger partial charge in [0.05, 0.1) is 23.1 Å². The fraction of sp³-hybridized carbons (Fsp3) is 0.333. The number of nitrogens with zero attached hydrogens (tertiary/aromatic N) is 3. The number of non-ortho nitro benzene ring substituents is 1. The molecule has 2 aromatic rings. The van der Waals surface area contributed by atoms with Gasteiger partial charge in [0.15, 0.2) is 0 Å². The first-order chi connectivity index (χ1) is 14.3. The summed E-state index contributed by atoms with van der Waals surface area (Å²) in [7, 11) is 1.60. The molecule has 3 rings (SSSR count). The molecule has 0 bridgehead atoms. The van der Waals surface area contributed by atoms with Gasteiger partial charge in [0.1, 0.15) is 5.75 Å². The van der Waals surface area contributed by atoms with Gasteiger partial charge in [-0.25, -0.2) is 0 Å². The molecule has 0 N–H and O–H groups in total. The fourth-order valence-corrected chi connectivity index (χ4v) is 3.68. The molecule has 1 atom stereocenters. The van der Waals surface area contributed by atoms with E-state index >= 15 is 0 Å². The number of nitro benzene ring substituents is 1. The number of halogens is 1. The molecule has 1 unspecified atom stereocenters. The molecule has 1 saturated heterocycles. The highest BCUT2D eigenvalue weighted by Crippen LogP contribution is 2.34. The van der Waals surface area contributed by atoms with Gasteiger partial charge in [0.2, 0.25) is 11.8 Å². The van der Waals surface area contributed by atoms with Crippen molar-refractivity contribution < 1.29 is 19.2 Å². The molecule has 158 valence electrons. The molecule has 1 aliphatic heterocycles. The van der Waals surface area contributed by atoms with Crippen LogP contribution in [-0.4, -0.2) is 41.8 Å². The number of hydrogen-bond donors (Lipinski definition) is 0. The fourth-order valence-electron chi connectivity index (χ4n) is 3.50. The SMILES string of the molecule is CCOc1ccccc1N1CC(C(=O)N(C)Cc2cc([N+](=O)[O-])ccc2Cl)CC1=O. The Bertz CT molecular complexity index is 981. The molecule has 30 heavy (non-hydrogen) atoms. The standard InChI is InChI=1S/C21H22ClN3O5/c1-3-30-19-7-5-4-6-18(19)24-13-15(11-20(24)26)21(27)23(2)12-14-10-16(25(28)29)8-9-17(14)22/h4-10,15H,3,11-13H2,1-2H3. The Morgan fingerprint density at radius 1 is 1.33 bits per heavy atom. The van der Waals surface area contributed by atoms with Crippen molar-refractivity contribution in [1.29, 1.82) is 0 Å². The highest BCUT2D eigenvalue weighted by molar-refractivity contribution is 6.31. The monoisotopic (exact) mass is 431 g/mol. The largest absolute Gasteiger partial charge is 0.492 e. The summed E-state index contributed by atoms with van der Waals surface area (Å²) < 4.78 is 5.60. The van der Waals surface area contributed by atoms with E-state index in [0.29, 0.717) is 28.6 Å². The van der Waals surface area contributed by atoms with Gasteiger partial charge in [-0.3, -0.25) is 19.7 Å². The lowest BCUT2D eigenvalue weighted by atomic mass is 10.1. The number of amides is 2. The number of para-hydroxylation sites is 2. The number of rotatable bonds is 7. The molecular formula is C21H22ClN3O5. The number of carbonyl (C=O) groups excluding carboxylic acids is 2. The van der Waals surface area contributed by atoms with E-state index in [9.17, 15) is 19.7 Å². The van der Waals surface area contributed by atoms with Crippen LogP contribution in [0, 0.1) is 16.0 Å². The van der Waals surface area contributed by atoms with Crippen molar-refractivity contribution in [3.05, 3.63) is 63.2 Å². The second-order valence-electron chi connectivity index (χ2n) is 7.03. The van der Waals surface area contributed by atoms with Crippen LogP contribution < -0.4 is 9.64 Å². The summed E-state index contributed by atoms with van der Waals surface area (Å²) in [6, 6.07) is 11.3. The molecule has 2 amide bonds. The minimum atomic E-state index is -0.519. The van der Waals surface area contributed by atoms with Gasteiger partial charge in [-0.05, 0) is 30.7 Å². The summed E-state index contributed by atoms with van der Waals surface area (Å²) in [5, 5.41) is 11.3. The average molecular weight is 432 g/mol. The minimum absolute atomic E-state index is 0.0896. The van der Waals surface area contributed by atoms with E-state index in [4.69, 9.17) is 16.3 Å². The zero-order valence-corrected chi connectivity index (χ0v) is 17.5. The Balaban J connectivity index is 1.73. The molecule has 0 aliphatic carbocycles. The first kappa shape index (κ1) is 21.6. The van der Waals surface area contributed by atoms with Crippen LogP contribution in [0.1, 0.15) is 18.9 Å². The van der Waals surface area contributed by atoms with Crippen LogP contribution in [0.5, 0.6) is 5.75 Å². The first-order valence-electron chi connectivity index (χ1n) is 9.51. The van der Waals surface area contributed by atoms with Gasteiger partial charge in [-0.15, -0.1) is 0 Å². The van der Waals surface area contributed by atoms with Crippen LogP contribution in [0.3, 0.4) is 0 Å². The Morgan fingerprint density at radius 3 is 2.77 bits per heavy atom. The highest BCUT2D eigenvalue weighted by atomic mass is 35.5. The summed E-state index contributed by atoms with van der Waals surface area (Å²) in [6.45, 7) is 2.69. The van der Waals surface area contributed by atoms with Gasteiger partial charge >= 0.3 is 0 Å². The molecular weight excluding hydrogens is 410 g/mol. The summed E-state index contributed by atoms with van der Waals surface area (Å²) in [5.74, 6) is -0.294. The van der Waals surface area contributed by atoms with Crippen molar-refractivity contribution in [2.45, 2.75) is 19.9 Å². The number of ether oxygens (including phenoxy) is 1. The molecule has 0 radical (unpaired) electrons. The summed E-state index contributed by atoms with van der Waals surface area (Å²) in [6.07, 6.45) is 0.0896. The number of anilines is 1. The van der Waals surface area contributed by atoms with E-state index in [0.717, 1.165) is 0 Å². The topological polar surface area (TPSA) is 93.0 Å². The van der Waals surface area contributed by atoms with E-state index in [-0.39, 0.29) is 37.0 Å². The summed E-state index contributed by atoms with van der Waals surface area (Å²) in [5.41, 5.74) is 1.03. The van der Waals surface area contributed by atoms with Gasteiger partial charge in [-0.2, -0.15) is 0 Å². The van der Waals surface area contributed by atoms with Crippen molar-refractivity contribution in [3.8, 4) is 5.75 Å². The second-order valence-corrected chi connectivity index (χ2v) is 7.44. The van der Waals surface area contributed by atoms with E-state index in [1.54, 1.807) is 24.1 Å². The van der Waals surface area contributed by atoms with E-state index in [1.165, 1.54) is 23.1 Å². The number of benzene rings is 2. The Morgan fingerprint density at radius 2 is 2.07 bits per heavy atom. The maximum atomic E-state index is 13.0. The molecule has 1 heterocycles. The summed E-state index contributed by atoms with van der Waals surface area (Å²) in [4.78, 5) is 39.1. The third kappa shape index (κ3) is 4.54. The lowest BCUT2D eigenvalue weighted by Gasteiger charge is -2.23. The van der Waals surface area contributed by atoms with Crippen LogP contribution >= 0.6 is 11.6 Å². The van der Waals surface area contributed by atoms with Crippen molar-refractivity contribution in [3.63, 3.8) is 0 Å². The predicted molar refractivity (Wildman–Crippen MR) is 113 cm³/mol. The lowest BCUT2D eigenvalue weighted by Crippen LogP contribution is -2.34. The van der Waals surface area contributed by atoms with E-state index < -0.39 is 10.8 Å². The number of nitro groups is 1. The maximum Gasteiger partial charge on any atom is 0.269 e. The molecule has 2 aromatic carbocycles. The van der Waals surface area contributed by atoms with Crippen LogP contribution in [0.25, 0.3) is 0 Å². The van der Waals surface area contributed by atoms with Crippen molar-refractivity contribution >= 4 is 34.8 Å². The maximum absolute atomic E-state index is 13.0. The van der Waals surface area contributed by atoms with Gasteiger partial charge in [0.25, 0.3) is 5.69 Å². The summed E-state index contributed by atoms with van der Waals surface area (Å²) >= 11 is 6.15. The van der Waals surface area contributed by atoms with Crippen LogP contribution in [0.15, 0.2) is 42.5 Å². The molecule has 0 aromatic heterocycles. The van der Waals surface area contributed by atoms with Crippen molar-refractivity contribution in [2.75, 3.05) is 25.1 Å². The lowest BCUT2D eigenvalue weighted by molar-refractivity contribution is -0.384. The smallest absolute Gasteiger partial charge is 0.269 e. The molecule has 0 saturated carbocycles. The first-order valence-corrected chi connectivity index (χ1v) is 9.89. The average Bonchev–Trinajstić information content (AvgIpc) is 3.11. The molecule has 1 aliphatic rings. The third-order valence-electron chi connectivity index (χ3n) is 4.95. The van der Waals surface area contributed by atoms with Gasteiger partial charge in [0, 0.05) is 43.7 Å². The van der Waals surface area contributed by atoms with Crippen LogP contribution in [-0.2, 0) is 16.1 Å². The van der Waals surface area contributed by atoms with E-state index in [1.807, 2.05) is 19.1 Å². The normalized spacial score (nSPS) is 15.9. The molecule has 1 fully saturated rings. The minimum Gasteiger partial charge on any atom is -0.492 e. The van der Waals surface area contributed by atoms with Crippen molar-refractivity contribution in [1.82, 2.24) is 4.90 Å². The Hall–Kier alpha value is -3.13. The molecule has 8 nitrogen and oxygen atoms in total. The predicted octanol–water partition coefficient (Wildman–Crippen LogP) is 3.66.